The number of anilines is 1. The van der Waals surface area contributed by atoms with Gasteiger partial charge in [0.15, 0.2) is 0 Å². The molecule has 1 aromatic rings. The molecule has 0 bridgehead atoms. The Morgan fingerprint density at radius 2 is 2.22 bits per heavy atom. The van der Waals surface area contributed by atoms with Gasteiger partial charge in [0, 0.05) is 49.0 Å². The summed E-state index contributed by atoms with van der Waals surface area (Å²) in [6.07, 6.45) is 2.63. The predicted octanol–water partition coefficient (Wildman–Crippen LogP) is 2.03. The Bertz CT molecular complexity index is 736. The van der Waals surface area contributed by atoms with E-state index in [1.807, 2.05) is 26.1 Å². The molecule has 146 valence electrons. The number of esters is 1. The van der Waals surface area contributed by atoms with Gasteiger partial charge in [-0.2, -0.15) is 0 Å². The van der Waals surface area contributed by atoms with E-state index in [-0.39, 0.29) is 11.7 Å². The molecule has 2 fully saturated rings. The normalized spacial score (nSPS) is 21.3. The quantitative estimate of drug-likeness (QED) is 0.628. The fourth-order valence-corrected chi connectivity index (χ4v) is 3.23. The van der Waals surface area contributed by atoms with Gasteiger partial charge in [-0.25, -0.2) is 9.78 Å². The number of nitrogens with zero attached hydrogens (tertiary/aromatic N) is 3. The molecule has 0 aliphatic carbocycles. The van der Waals surface area contributed by atoms with Gasteiger partial charge in [-0.3, -0.25) is 4.99 Å². The number of nitrogens with two attached hydrogens (primary N) is 1. The predicted molar refractivity (Wildman–Crippen MR) is 105 cm³/mol. The molecule has 2 N–H and O–H groups in total. The van der Waals surface area contributed by atoms with Crippen LogP contribution in [0.5, 0.6) is 0 Å². The number of aliphatic imine (C=N–C) groups is 1. The zero-order chi connectivity index (χ0) is 19.4. The smallest absolute Gasteiger partial charge is 0.354 e. The van der Waals surface area contributed by atoms with Crippen LogP contribution in [0.15, 0.2) is 34.6 Å². The third kappa shape index (κ3) is 4.47. The Hall–Kier alpha value is -2.41. The fraction of sp³-hybridized carbons (Fsp3) is 0.550. The molecule has 7 nitrogen and oxygen atoms in total. The minimum absolute atomic E-state index is 0.138. The van der Waals surface area contributed by atoms with E-state index < -0.39 is 5.97 Å². The van der Waals surface area contributed by atoms with Gasteiger partial charge in [-0.05, 0) is 32.4 Å². The van der Waals surface area contributed by atoms with Gasteiger partial charge in [0.05, 0.1) is 19.8 Å². The van der Waals surface area contributed by atoms with Crippen molar-refractivity contribution >= 4 is 17.5 Å². The summed E-state index contributed by atoms with van der Waals surface area (Å²) in [4.78, 5) is 23.6. The first-order chi connectivity index (χ1) is 13.0. The van der Waals surface area contributed by atoms with Gasteiger partial charge in [-0.15, -0.1) is 0 Å². The first-order valence-corrected chi connectivity index (χ1v) is 9.51. The molecule has 1 aromatic heterocycles. The maximum Gasteiger partial charge on any atom is 0.354 e. The van der Waals surface area contributed by atoms with Crippen molar-refractivity contribution in [3.05, 3.63) is 35.2 Å². The van der Waals surface area contributed by atoms with Crippen LogP contribution in [0.3, 0.4) is 0 Å². The Labute approximate surface area is 160 Å². The molecule has 3 heterocycles. The van der Waals surface area contributed by atoms with Gasteiger partial charge in [-0.1, -0.05) is 6.07 Å². The summed E-state index contributed by atoms with van der Waals surface area (Å²) >= 11 is 0. The van der Waals surface area contributed by atoms with Crippen LogP contribution in [0, 0.1) is 0 Å². The van der Waals surface area contributed by atoms with Crippen LogP contribution >= 0.6 is 0 Å². The number of carbonyl (C=O) groups excluding carboxylic acids is 1. The number of rotatable bonds is 5. The lowest BCUT2D eigenvalue weighted by molar-refractivity contribution is -0.138. The average molecular weight is 372 g/mol. The van der Waals surface area contributed by atoms with Crippen molar-refractivity contribution < 1.29 is 14.3 Å². The molecule has 0 aromatic carbocycles. The highest BCUT2D eigenvalue weighted by Gasteiger charge is 2.27. The second-order valence-corrected chi connectivity index (χ2v) is 7.14. The Morgan fingerprint density at radius 3 is 2.78 bits per heavy atom. The summed E-state index contributed by atoms with van der Waals surface area (Å²) in [7, 11) is 0. The lowest BCUT2D eigenvalue weighted by atomic mass is 9.98. The molecule has 3 rings (SSSR count). The highest BCUT2D eigenvalue weighted by molar-refractivity contribution is 6.08. The number of aromatic nitrogens is 1. The Kier molecular flexibility index (Phi) is 6.11. The minimum atomic E-state index is -0.487. The van der Waals surface area contributed by atoms with Gasteiger partial charge in [0.2, 0.25) is 0 Å². The van der Waals surface area contributed by atoms with Crippen LogP contribution in [0.25, 0.3) is 0 Å². The highest BCUT2D eigenvalue weighted by Crippen LogP contribution is 2.26. The second-order valence-electron chi connectivity index (χ2n) is 7.14. The number of piperidine rings is 1. The van der Waals surface area contributed by atoms with Crippen LogP contribution in [-0.4, -0.2) is 55.6 Å². The highest BCUT2D eigenvalue weighted by atomic mass is 16.5. The van der Waals surface area contributed by atoms with Crippen molar-refractivity contribution in [1.82, 2.24) is 4.98 Å². The van der Waals surface area contributed by atoms with Crippen LogP contribution in [-0.2, 0) is 14.3 Å². The third-order valence-electron chi connectivity index (χ3n) is 4.75. The van der Waals surface area contributed by atoms with Crippen molar-refractivity contribution in [3.63, 3.8) is 0 Å². The molecule has 0 unspecified atom stereocenters. The van der Waals surface area contributed by atoms with Crippen molar-refractivity contribution in [3.8, 4) is 0 Å². The largest absolute Gasteiger partial charge is 0.461 e. The maximum absolute atomic E-state index is 12.2. The molecule has 0 spiro atoms. The van der Waals surface area contributed by atoms with Crippen molar-refractivity contribution in [1.29, 1.82) is 0 Å². The van der Waals surface area contributed by atoms with Crippen molar-refractivity contribution in [2.45, 2.75) is 39.2 Å². The lowest BCUT2D eigenvalue weighted by Gasteiger charge is -2.32. The maximum atomic E-state index is 12.2. The van der Waals surface area contributed by atoms with Crippen LogP contribution in [0.1, 0.15) is 38.7 Å². The van der Waals surface area contributed by atoms with E-state index in [2.05, 4.69) is 20.9 Å². The van der Waals surface area contributed by atoms with Gasteiger partial charge < -0.3 is 20.1 Å². The second kappa shape index (κ2) is 8.52. The Balaban J connectivity index is 1.83. The molecule has 27 heavy (non-hydrogen) atoms. The van der Waals surface area contributed by atoms with E-state index in [1.54, 1.807) is 6.92 Å². The van der Waals surface area contributed by atoms with Crippen LogP contribution in [0.4, 0.5) is 5.82 Å². The van der Waals surface area contributed by atoms with Crippen molar-refractivity contribution in [2.24, 2.45) is 10.7 Å². The molecular formula is C20H28N4O3. The van der Waals surface area contributed by atoms with Crippen LogP contribution < -0.4 is 10.6 Å². The van der Waals surface area contributed by atoms with E-state index in [0.29, 0.717) is 25.5 Å². The molecule has 0 amide bonds. The number of pyridine rings is 1. The lowest BCUT2D eigenvalue weighted by Crippen LogP contribution is -2.39. The topological polar surface area (TPSA) is 90.0 Å². The molecule has 0 atom stereocenters. The van der Waals surface area contributed by atoms with E-state index >= 15 is 0 Å². The third-order valence-corrected chi connectivity index (χ3v) is 4.75. The van der Waals surface area contributed by atoms with Gasteiger partial charge in [0.25, 0.3) is 0 Å². The standard InChI is InChI=1S/C20H28N4O3/c1-4-27-20(25)19(21)16-10-24(8-7-17(16)23-13(2)3)18-6-5-14(9-22-18)15-11-26-12-15/h5-6,9,13,15H,4,7-8,10-12,21H2,1-3H3/b19-16-,23-17?. The summed E-state index contributed by atoms with van der Waals surface area (Å²) in [6.45, 7) is 8.90. The first-order valence-electron chi connectivity index (χ1n) is 9.51. The van der Waals surface area contributed by atoms with E-state index in [1.165, 1.54) is 5.56 Å². The average Bonchev–Trinajstić information content (AvgIpc) is 2.60. The van der Waals surface area contributed by atoms with Gasteiger partial charge in [0.1, 0.15) is 11.5 Å². The molecule has 2 saturated heterocycles. The zero-order valence-electron chi connectivity index (χ0n) is 16.3. The monoisotopic (exact) mass is 372 g/mol. The van der Waals surface area contributed by atoms with Gasteiger partial charge >= 0.3 is 5.97 Å². The Morgan fingerprint density at radius 1 is 1.44 bits per heavy atom. The molecular weight excluding hydrogens is 344 g/mol. The molecule has 2 aliphatic rings. The molecule has 0 radical (unpaired) electrons. The zero-order valence-corrected chi connectivity index (χ0v) is 16.3. The number of hydrogen-bond donors (Lipinski definition) is 1. The summed E-state index contributed by atoms with van der Waals surface area (Å²) in [5.74, 6) is 0.837. The minimum Gasteiger partial charge on any atom is -0.461 e. The van der Waals surface area contributed by atoms with E-state index in [4.69, 9.17) is 15.2 Å². The first kappa shape index (κ1) is 19.4. The summed E-state index contributed by atoms with van der Waals surface area (Å²) < 4.78 is 10.3. The molecule has 2 aliphatic heterocycles. The summed E-state index contributed by atoms with van der Waals surface area (Å²) in [5, 5.41) is 0. The van der Waals surface area contributed by atoms with E-state index in [0.717, 1.165) is 36.9 Å². The molecule has 7 heteroatoms. The SMILES string of the molecule is CCOC(=O)/C(N)=C1\CN(c2ccc(C3COC3)cn2)CCC1=NC(C)C. The number of hydrogen-bond acceptors (Lipinski definition) is 7. The van der Waals surface area contributed by atoms with E-state index in [9.17, 15) is 4.79 Å². The van der Waals surface area contributed by atoms with Crippen molar-refractivity contribution in [2.75, 3.05) is 37.8 Å². The molecule has 0 saturated carbocycles. The summed E-state index contributed by atoms with van der Waals surface area (Å²) in [6, 6.07) is 4.26. The number of ether oxygens (including phenoxy) is 2. The number of carbonyl (C=O) groups is 1. The van der Waals surface area contributed by atoms with Crippen LogP contribution in [0.2, 0.25) is 0 Å². The fourth-order valence-electron chi connectivity index (χ4n) is 3.23. The summed E-state index contributed by atoms with van der Waals surface area (Å²) in [5.41, 5.74) is 9.11.